The zero-order valence-corrected chi connectivity index (χ0v) is 11.2. The minimum atomic E-state index is 0.883. The molecule has 0 unspecified atom stereocenters. The Balaban J connectivity index is 1.38. The topological polar surface area (TPSA) is 35.6 Å². The summed E-state index contributed by atoms with van der Waals surface area (Å²) in [6.07, 6.45) is 14.8. The summed E-state index contributed by atoms with van der Waals surface area (Å²) in [5.41, 5.74) is 2.60. The maximum absolute atomic E-state index is 4.45. The molecule has 0 spiro atoms. The molecule has 2 fully saturated rings. The van der Waals surface area contributed by atoms with Gasteiger partial charge in [-0.05, 0) is 48.6 Å². The van der Waals surface area contributed by atoms with E-state index >= 15 is 0 Å². The highest BCUT2D eigenvalue weighted by Gasteiger charge is 2.22. The minimum Gasteiger partial charge on any atom is -0.272 e. The number of hydrogen-bond acceptors (Lipinski definition) is 2. The lowest BCUT2D eigenvalue weighted by Crippen LogP contribution is -1.99. The molecule has 19 heavy (non-hydrogen) atoms. The summed E-state index contributed by atoms with van der Waals surface area (Å²) >= 11 is 0. The molecular weight excluding hydrogens is 236 g/mol. The van der Waals surface area contributed by atoms with E-state index in [-0.39, 0.29) is 0 Å². The van der Waals surface area contributed by atoms with Gasteiger partial charge >= 0.3 is 0 Å². The van der Waals surface area contributed by atoms with Crippen LogP contribution in [-0.4, -0.2) is 19.6 Å². The van der Waals surface area contributed by atoms with Gasteiger partial charge in [-0.2, -0.15) is 10.2 Å². The van der Waals surface area contributed by atoms with Gasteiger partial charge in [0.15, 0.2) is 0 Å². The van der Waals surface area contributed by atoms with Crippen molar-refractivity contribution < 1.29 is 0 Å². The van der Waals surface area contributed by atoms with Gasteiger partial charge in [0.2, 0.25) is 0 Å². The molecule has 2 saturated carbocycles. The number of aromatic nitrogens is 4. The number of rotatable bonds is 6. The fraction of sp³-hybridized carbons (Fsp3) is 0.600. The van der Waals surface area contributed by atoms with Crippen LogP contribution in [0, 0.1) is 11.8 Å². The Bertz CT molecular complexity index is 510. The fourth-order valence-electron chi connectivity index (χ4n) is 2.56. The van der Waals surface area contributed by atoms with E-state index in [0.717, 1.165) is 31.3 Å². The van der Waals surface area contributed by atoms with Gasteiger partial charge in [0.25, 0.3) is 0 Å². The first-order valence-corrected chi connectivity index (χ1v) is 7.38. The molecule has 0 aromatic carbocycles. The molecule has 0 atom stereocenters. The molecular formula is C15H20N4. The molecule has 2 aliphatic rings. The van der Waals surface area contributed by atoms with Gasteiger partial charge in [0.05, 0.1) is 12.4 Å². The summed E-state index contributed by atoms with van der Waals surface area (Å²) in [6.45, 7) is 2.20. The van der Waals surface area contributed by atoms with Gasteiger partial charge in [0, 0.05) is 31.9 Å². The van der Waals surface area contributed by atoms with Crippen LogP contribution in [0.1, 0.15) is 36.8 Å². The lowest BCUT2D eigenvalue weighted by Gasteiger charge is -1.97. The van der Waals surface area contributed by atoms with E-state index in [1.165, 1.54) is 36.8 Å². The third-order valence-electron chi connectivity index (χ3n) is 4.07. The molecule has 4 rings (SSSR count). The normalized spacial score (nSPS) is 18.9. The average Bonchev–Trinajstić information content (AvgIpc) is 3.28. The van der Waals surface area contributed by atoms with E-state index in [1.807, 2.05) is 12.4 Å². The molecule has 0 N–H and O–H groups in total. The predicted octanol–water partition coefficient (Wildman–Crippen LogP) is 2.49. The first kappa shape index (κ1) is 11.3. The molecule has 100 valence electrons. The molecule has 0 saturated heterocycles. The summed E-state index contributed by atoms with van der Waals surface area (Å²) in [4.78, 5) is 0. The molecule has 0 amide bonds. The zero-order chi connectivity index (χ0) is 12.7. The Morgan fingerprint density at radius 3 is 1.74 bits per heavy atom. The van der Waals surface area contributed by atoms with Crippen LogP contribution in [0.25, 0.3) is 0 Å². The van der Waals surface area contributed by atoms with Crippen LogP contribution in [0.15, 0.2) is 24.8 Å². The largest absolute Gasteiger partial charge is 0.272 e. The minimum absolute atomic E-state index is 0.883. The van der Waals surface area contributed by atoms with E-state index in [0.29, 0.717) is 0 Å². The third-order valence-corrected chi connectivity index (χ3v) is 4.07. The molecule has 2 aliphatic carbocycles. The smallest absolute Gasteiger partial charge is 0.0525 e. The van der Waals surface area contributed by atoms with Crippen molar-refractivity contribution in [3.63, 3.8) is 0 Å². The van der Waals surface area contributed by atoms with Gasteiger partial charge in [-0.1, -0.05) is 0 Å². The molecule has 4 heteroatoms. The molecule has 0 radical (unpaired) electrons. The first-order valence-electron chi connectivity index (χ1n) is 7.38. The summed E-state index contributed by atoms with van der Waals surface area (Å²) in [5.74, 6) is 1.77. The van der Waals surface area contributed by atoms with Crippen molar-refractivity contribution >= 4 is 0 Å². The van der Waals surface area contributed by atoms with Gasteiger partial charge < -0.3 is 0 Å². The van der Waals surface area contributed by atoms with Crippen molar-refractivity contribution in [2.24, 2.45) is 11.8 Å². The van der Waals surface area contributed by atoms with Crippen LogP contribution >= 0.6 is 0 Å². The second-order valence-corrected chi connectivity index (χ2v) is 6.20. The lowest BCUT2D eigenvalue weighted by atomic mass is 10.2. The van der Waals surface area contributed by atoms with Gasteiger partial charge in [0.1, 0.15) is 0 Å². The Labute approximate surface area is 113 Å². The lowest BCUT2D eigenvalue weighted by molar-refractivity contribution is 0.562. The van der Waals surface area contributed by atoms with E-state index in [4.69, 9.17) is 0 Å². The SMILES string of the molecule is c1nn(CC2CC2)cc1Cc1cnn(CC2CC2)c1. The number of hydrogen-bond donors (Lipinski definition) is 0. The quantitative estimate of drug-likeness (QED) is 0.796. The molecule has 2 aromatic heterocycles. The number of nitrogens with zero attached hydrogens (tertiary/aromatic N) is 4. The van der Waals surface area contributed by atoms with Crippen molar-refractivity contribution in [3.05, 3.63) is 35.9 Å². The second kappa shape index (κ2) is 4.51. The maximum atomic E-state index is 4.45. The van der Waals surface area contributed by atoms with Crippen LogP contribution in [-0.2, 0) is 19.5 Å². The van der Waals surface area contributed by atoms with Crippen molar-refractivity contribution in [2.75, 3.05) is 0 Å². The van der Waals surface area contributed by atoms with Crippen molar-refractivity contribution in [1.29, 1.82) is 0 Å². The Hall–Kier alpha value is -1.58. The van der Waals surface area contributed by atoms with Crippen molar-refractivity contribution in [1.82, 2.24) is 19.6 Å². The van der Waals surface area contributed by atoms with Gasteiger partial charge in [-0.15, -0.1) is 0 Å². The standard InChI is InChI=1S/C15H20N4/c1-2-12(1)8-18-10-14(6-16-18)5-15-7-17-19(11-15)9-13-3-4-13/h6-7,10-13H,1-5,8-9H2. The maximum Gasteiger partial charge on any atom is 0.0525 e. The fourth-order valence-corrected chi connectivity index (χ4v) is 2.56. The van der Waals surface area contributed by atoms with Crippen LogP contribution in [0.5, 0.6) is 0 Å². The Morgan fingerprint density at radius 1 is 0.842 bits per heavy atom. The van der Waals surface area contributed by atoms with E-state index in [9.17, 15) is 0 Å². The van der Waals surface area contributed by atoms with Crippen LogP contribution in [0.3, 0.4) is 0 Å². The molecule has 2 aromatic rings. The molecule has 0 bridgehead atoms. The first-order chi connectivity index (χ1) is 9.35. The Morgan fingerprint density at radius 2 is 1.32 bits per heavy atom. The summed E-state index contributed by atoms with van der Waals surface area (Å²) in [6, 6.07) is 0. The van der Waals surface area contributed by atoms with Gasteiger partial charge in [-0.3, -0.25) is 9.36 Å². The summed E-state index contributed by atoms with van der Waals surface area (Å²) < 4.78 is 4.20. The van der Waals surface area contributed by atoms with Crippen LogP contribution < -0.4 is 0 Å². The van der Waals surface area contributed by atoms with E-state index < -0.39 is 0 Å². The van der Waals surface area contributed by atoms with Crippen LogP contribution in [0.2, 0.25) is 0 Å². The summed E-state index contributed by atoms with van der Waals surface area (Å²) in [7, 11) is 0. The van der Waals surface area contributed by atoms with Crippen LogP contribution in [0.4, 0.5) is 0 Å². The highest BCUT2D eigenvalue weighted by atomic mass is 15.3. The zero-order valence-electron chi connectivity index (χ0n) is 11.2. The van der Waals surface area contributed by atoms with Crippen molar-refractivity contribution in [2.45, 2.75) is 45.2 Å². The highest BCUT2D eigenvalue weighted by molar-refractivity contribution is 5.17. The summed E-state index contributed by atoms with van der Waals surface area (Å²) in [5, 5.41) is 8.89. The second-order valence-electron chi connectivity index (χ2n) is 6.20. The predicted molar refractivity (Wildman–Crippen MR) is 72.7 cm³/mol. The van der Waals surface area contributed by atoms with E-state index in [1.54, 1.807) is 0 Å². The monoisotopic (exact) mass is 256 g/mol. The molecule has 4 nitrogen and oxygen atoms in total. The third kappa shape index (κ3) is 2.88. The highest BCUT2D eigenvalue weighted by Crippen LogP contribution is 2.31. The van der Waals surface area contributed by atoms with E-state index in [2.05, 4.69) is 32.0 Å². The average molecular weight is 256 g/mol. The molecule has 0 aliphatic heterocycles. The van der Waals surface area contributed by atoms with Gasteiger partial charge in [-0.25, -0.2) is 0 Å². The molecule has 2 heterocycles. The Kier molecular flexibility index (Phi) is 2.67. The van der Waals surface area contributed by atoms with Crippen molar-refractivity contribution in [3.8, 4) is 0 Å².